The quantitative estimate of drug-likeness (QED) is 0.729. The molecular formula is C23H31FN4O2. The Morgan fingerprint density at radius 2 is 1.77 bits per heavy atom. The Balaban J connectivity index is 1.27. The minimum absolute atomic E-state index is 0.0338. The van der Waals surface area contributed by atoms with Gasteiger partial charge >= 0.3 is 0 Å². The molecule has 2 aliphatic rings. The van der Waals surface area contributed by atoms with Crippen molar-refractivity contribution in [3.63, 3.8) is 0 Å². The van der Waals surface area contributed by atoms with Gasteiger partial charge in [-0.25, -0.2) is 4.39 Å². The van der Waals surface area contributed by atoms with Crippen molar-refractivity contribution in [1.29, 1.82) is 0 Å². The second-order valence-corrected chi connectivity index (χ2v) is 8.19. The zero-order valence-corrected chi connectivity index (χ0v) is 17.9. The van der Waals surface area contributed by atoms with Crippen LogP contribution in [0.5, 0.6) is 0 Å². The molecule has 0 N–H and O–H groups in total. The maximum Gasteiger partial charge on any atom is 0.255 e. The zero-order chi connectivity index (χ0) is 21.1. The molecule has 7 heteroatoms. The number of anilines is 1. The lowest BCUT2D eigenvalue weighted by molar-refractivity contribution is 0.0689. The summed E-state index contributed by atoms with van der Waals surface area (Å²) in [7, 11) is 3.69. The number of methoxy groups -OCH3 is 1. The second-order valence-electron chi connectivity index (χ2n) is 8.19. The average molecular weight is 415 g/mol. The number of piperazine rings is 1. The number of hydrogen-bond donors (Lipinski definition) is 0. The number of carbonyl (C=O) groups excluding carboxylic acids is 1. The van der Waals surface area contributed by atoms with Crippen molar-refractivity contribution in [2.75, 3.05) is 57.8 Å². The number of hydrogen-bond acceptors (Lipinski definition) is 4. The van der Waals surface area contributed by atoms with Gasteiger partial charge < -0.3 is 19.1 Å². The topological polar surface area (TPSA) is 41.0 Å². The maximum absolute atomic E-state index is 13.1. The summed E-state index contributed by atoms with van der Waals surface area (Å²) in [4.78, 5) is 19.8. The fraction of sp³-hybridized carbons (Fsp3) is 0.522. The molecule has 0 spiro atoms. The third-order valence-electron chi connectivity index (χ3n) is 6.36. The van der Waals surface area contributed by atoms with Crippen LogP contribution in [-0.4, -0.2) is 73.2 Å². The van der Waals surface area contributed by atoms with E-state index in [2.05, 4.69) is 9.80 Å². The van der Waals surface area contributed by atoms with Crippen LogP contribution in [0.2, 0.25) is 0 Å². The van der Waals surface area contributed by atoms with E-state index in [9.17, 15) is 9.18 Å². The highest BCUT2D eigenvalue weighted by atomic mass is 19.1. The second kappa shape index (κ2) is 9.18. The van der Waals surface area contributed by atoms with E-state index < -0.39 is 0 Å². The van der Waals surface area contributed by atoms with Crippen molar-refractivity contribution in [1.82, 2.24) is 14.4 Å². The molecule has 1 atom stereocenters. The Hall–Kier alpha value is -2.38. The van der Waals surface area contributed by atoms with E-state index >= 15 is 0 Å². The molecule has 1 saturated heterocycles. The molecule has 2 aliphatic heterocycles. The van der Waals surface area contributed by atoms with Gasteiger partial charge in [-0.3, -0.25) is 9.69 Å². The minimum Gasteiger partial charge on any atom is -0.375 e. The van der Waals surface area contributed by atoms with Gasteiger partial charge in [-0.2, -0.15) is 0 Å². The summed E-state index contributed by atoms with van der Waals surface area (Å²) >= 11 is 0. The van der Waals surface area contributed by atoms with Crippen molar-refractivity contribution >= 4 is 11.6 Å². The largest absolute Gasteiger partial charge is 0.375 e. The fourth-order valence-corrected chi connectivity index (χ4v) is 4.61. The summed E-state index contributed by atoms with van der Waals surface area (Å²) in [6, 6.07) is 8.65. The molecule has 0 radical (unpaired) electrons. The highest BCUT2D eigenvalue weighted by Gasteiger charge is 2.30. The molecule has 1 amide bonds. The smallest absolute Gasteiger partial charge is 0.255 e. The van der Waals surface area contributed by atoms with Crippen molar-refractivity contribution in [3.05, 3.63) is 53.6 Å². The van der Waals surface area contributed by atoms with E-state index in [1.165, 1.54) is 12.1 Å². The first-order chi connectivity index (χ1) is 14.6. The van der Waals surface area contributed by atoms with E-state index in [0.717, 1.165) is 75.6 Å². The summed E-state index contributed by atoms with van der Waals surface area (Å²) < 4.78 is 20.8. The van der Waals surface area contributed by atoms with E-state index in [1.807, 2.05) is 40.9 Å². The van der Waals surface area contributed by atoms with Gasteiger partial charge in [0, 0.05) is 65.3 Å². The van der Waals surface area contributed by atoms with Crippen LogP contribution in [0, 0.1) is 5.82 Å². The molecule has 1 aromatic heterocycles. The number of carbonyl (C=O) groups is 1. The van der Waals surface area contributed by atoms with Crippen LogP contribution in [0.4, 0.5) is 10.1 Å². The van der Waals surface area contributed by atoms with Gasteiger partial charge in [-0.1, -0.05) is 0 Å². The Kier molecular flexibility index (Phi) is 6.39. The molecule has 0 aliphatic carbocycles. The number of aromatic nitrogens is 1. The first kappa shape index (κ1) is 20.9. The summed E-state index contributed by atoms with van der Waals surface area (Å²) in [5.41, 5.74) is 2.84. The molecule has 0 bridgehead atoms. The molecule has 162 valence electrons. The Morgan fingerprint density at radius 1 is 1.03 bits per heavy atom. The van der Waals surface area contributed by atoms with E-state index in [1.54, 1.807) is 7.11 Å². The van der Waals surface area contributed by atoms with Crippen molar-refractivity contribution in [2.24, 2.45) is 7.05 Å². The first-order valence-corrected chi connectivity index (χ1v) is 10.8. The standard InChI is InChI=1S/C23H31FN4O2/c1-25-12-8-20-22(25)21(30-2)9-13-28(23(20)29)11-3-10-26-14-16-27(17-15-26)19-6-4-18(24)5-7-19/h4-8,12,21H,3,9-11,13-17H2,1-2H3. The normalized spacial score (nSPS) is 20.4. The zero-order valence-electron chi connectivity index (χ0n) is 17.9. The summed E-state index contributed by atoms with van der Waals surface area (Å²) in [6.45, 7) is 6.33. The van der Waals surface area contributed by atoms with Crippen molar-refractivity contribution < 1.29 is 13.9 Å². The van der Waals surface area contributed by atoms with Gasteiger partial charge in [-0.05, 0) is 49.7 Å². The summed E-state index contributed by atoms with van der Waals surface area (Å²) in [5.74, 6) is -0.0776. The third kappa shape index (κ3) is 4.37. The Morgan fingerprint density at radius 3 is 2.47 bits per heavy atom. The lowest BCUT2D eigenvalue weighted by Crippen LogP contribution is -2.47. The number of amides is 1. The van der Waals surface area contributed by atoms with E-state index in [0.29, 0.717) is 0 Å². The Bertz CT molecular complexity index is 859. The van der Waals surface area contributed by atoms with Crippen molar-refractivity contribution in [3.8, 4) is 0 Å². The highest BCUT2D eigenvalue weighted by Crippen LogP contribution is 2.29. The number of nitrogens with zero attached hydrogens (tertiary/aromatic N) is 4. The van der Waals surface area contributed by atoms with Crippen LogP contribution in [0.15, 0.2) is 36.5 Å². The third-order valence-corrected chi connectivity index (χ3v) is 6.36. The predicted molar refractivity (Wildman–Crippen MR) is 115 cm³/mol. The van der Waals surface area contributed by atoms with Gasteiger partial charge in [-0.15, -0.1) is 0 Å². The molecule has 4 rings (SSSR count). The number of fused-ring (bicyclic) bond motifs is 1. The minimum atomic E-state index is -0.195. The van der Waals surface area contributed by atoms with Crippen LogP contribution in [0.1, 0.15) is 35.0 Å². The monoisotopic (exact) mass is 414 g/mol. The first-order valence-electron chi connectivity index (χ1n) is 10.8. The maximum atomic E-state index is 13.1. The fourth-order valence-electron chi connectivity index (χ4n) is 4.61. The molecule has 6 nitrogen and oxygen atoms in total. The molecule has 1 unspecified atom stereocenters. The molecular weight excluding hydrogens is 383 g/mol. The SMILES string of the molecule is COC1CCN(CCCN2CCN(c3ccc(F)cc3)CC2)C(=O)c2ccn(C)c21. The average Bonchev–Trinajstić information content (AvgIpc) is 3.08. The lowest BCUT2D eigenvalue weighted by atomic mass is 10.1. The molecule has 1 aromatic carbocycles. The van der Waals surface area contributed by atoms with Crippen LogP contribution in [0.3, 0.4) is 0 Å². The van der Waals surface area contributed by atoms with Gasteiger partial charge in [0.25, 0.3) is 5.91 Å². The number of benzene rings is 1. The van der Waals surface area contributed by atoms with Gasteiger partial charge in [0.2, 0.25) is 0 Å². The Labute approximate surface area is 177 Å². The number of halogens is 1. The van der Waals surface area contributed by atoms with E-state index in [-0.39, 0.29) is 17.8 Å². The molecule has 0 saturated carbocycles. The van der Waals surface area contributed by atoms with Crippen LogP contribution in [0.25, 0.3) is 0 Å². The summed E-state index contributed by atoms with van der Waals surface area (Å²) in [6.07, 6.45) is 3.69. The summed E-state index contributed by atoms with van der Waals surface area (Å²) in [5, 5.41) is 0. The highest BCUT2D eigenvalue weighted by molar-refractivity contribution is 5.96. The number of rotatable bonds is 6. The van der Waals surface area contributed by atoms with Gasteiger partial charge in [0.15, 0.2) is 0 Å². The van der Waals surface area contributed by atoms with E-state index in [4.69, 9.17) is 4.74 Å². The van der Waals surface area contributed by atoms with Crippen molar-refractivity contribution in [2.45, 2.75) is 18.9 Å². The van der Waals surface area contributed by atoms with Gasteiger partial charge in [0.05, 0.1) is 17.4 Å². The van der Waals surface area contributed by atoms with Crippen LogP contribution in [-0.2, 0) is 11.8 Å². The molecule has 30 heavy (non-hydrogen) atoms. The molecule has 2 aromatic rings. The van der Waals surface area contributed by atoms with Gasteiger partial charge in [0.1, 0.15) is 5.82 Å². The number of ether oxygens (including phenoxy) is 1. The molecule has 1 fully saturated rings. The van der Waals surface area contributed by atoms with Crippen LogP contribution >= 0.6 is 0 Å². The number of aryl methyl sites for hydroxylation is 1. The van der Waals surface area contributed by atoms with Crippen LogP contribution < -0.4 is 4.90 Å². The predicted octanol–water partition coefficient (Wildman–Crippen LogP) is 2.91. The lowest BCUT2D eigenvalue weighted by Gasteiger charge is -2.36. The molecule has 3 heterocycles.